The Balaban J connectivity index is 1.90. The van der Waals surface area contributed by atoms with Crippen molar-refractivity contribution in [3.63, 3.8) is 0 Å². The normalized spacial score (nSPS) is 24.9. The Bertz CT molecular complexity index is 373. The van der Waals surface area contributed by atoms with Crippen LogP contribution in [0.1, 0.15) is 42.4 Å². The molecule has 2 nitrogen and oxygen atoms in total. The Morgan fingerprint density at radius 1 is 1.18 bits per heavy atom. The molecule has 0 aromatic heterocycles. The zero-order valence-corrected chi connectivity index (χ0v) is 11.0. The molecule has 0 spiro atoms. The summed E-state index contributed by atoms with van der Waals surface area (Å²) < 4.78 is 0. The van der Waals surface area contributed by atoms with Crippen LogP contribution in [0.5, 0.6) is 0 Å². The SMILES string of the molecule is Cc1ccc(CNC2CCCCC2N)cc1C. The molecule has 0 radical (unpaired) electrons. The van der Waals surface area contributed by atoms with Gasteiger partial charge in [0.05, 0.1) is 0 Å². The molecule has 1 aromatic rings. The summed E-state index contributed by atoms with van der Waals surface area (Å²) in [6, 6.07) is 7.54. The minimum Gasteiger partial charge on any atom is -0.326 e. The van der Waals surface area contributed by atoms with Gasteiger partial charge < -0.3 is 11.1 Å². The van der Waals surface area contributed by atoms with Gasteiger partial charge in [0.15, 0.2) is 0 Å². The van der Waals surface area contributed by atoms with Crippen LogP contribution in [0.25, 0.3) is 0 Å². The van der Waals surface area contributed by atoms with Crippen LogP contribution in [0, 0.1) is 13.8 Å². The maximum absolute atomic E-state index is 6.13. The van der Waals surface area contributed by atoms with Crippen molar-refractivity contribution in [1.82, 2.24) is 5.32 Å². The second kappa shape index (κ2) is 5.65. The first-order valence-corrected chi connectivity index (χ1v) is 6.72. The number of hydrogen-bond donors (Lipinski definition) is 2. The summed E-state index contributed by atoms with van der Waals surface area (Å²) in [6.45, 7) is 5.27. The van der Waals surface area contributed by atoms with E-state index in [1.807, 2.05) is 0 Å². The van der Waals surface area contributed by atoms with E-state index < -0.39 is 0 Å². The number of nitrogens with two attached hydrogens (primary N) is 1. The zero-order chi connectivity index (χ0) is 12.3. The molecule has 1 saturated carbocycles. The third-order valence-corrected chi connectivity index (χ3v) is 3.96. The van der Waals surface area contributed by atoms with Crippen LogP contribution in [0.3, 0.4) is 0 Å². The van der Waals surface area contributed by atoms with E-state index in [2.05, 4.69) is 37.4 Å². The first kappa shape index (κ1) is 12.6. The van der Waals surface area contributed by atoms with Crippen molar-refractivity contribution in [1.29, 1.82) is 0 Å². The van der Waals surface area contributed by atoms with Crippen molar-refractivity contribution in [2.24, 2.45) is 5.73 Å². The van der Waals surface area contributed by atoms with E-state index in [1.54, 1.807) is 0 Å². The van der Waals surface area contributed by atoms with Crippen molar-refractivity contribution >= 4 is 0 Å². The number of hydrogen-bond acceptors (Lipinski definition) is 2. The van der Waals surface area contributed by atoms with Crippen molar-refractivity contribution in [2.75, 3.05) is 0 Å². The molecule has 2 heteroatoms. The van der Waals surface area contributed by atoms with Gasteiger partial charge in [-0.15, -0.1) is 0 Å². The Morgan fingerprint density at radius 2 is 1.94 bits per heavy atom. The molecule has 0 saturated heterocycles. The predicted molar refractivity (Wildman–Crippen MR) is 73.0 cm³/mol. The average Bonchev–Trinajstić information content (AvgIpc) is 2.32. The lowest BCUT2D eigenvalue weighted by molar-refractivity contribution is 0.326. The van der Waals surface area contributed by atoms with Crippen LogP contribution in [0.4, 0.5) is 0 Å². The van der Waals surface area contributed by atoms with Gasteiger partial charge in [-0.05, 0) is 43.4 Å². The Morgan fingerprint density at radius 3 is 2.65 bits per heavy atom. The molecule has 1 aromatic carbocycles. The number of rotatable bonds is 3. The molecule has 2 unspecified atom stereocenters. The van der Waals surface area contributed by atoms with E-state index in [0.717, 1.165) is 6.54 Å². The van der Waals surface area contributed by atoms with Gasteiger partial charge in [-0.25, -0.2) is 0 Å². The highest BCUT2D eigenvalue weighted by atomic mass is 15.0. The lowest BCUT2D eigenvalue weighted by Gasteiger charge is -2.29. The lowest BCUT2D eigenvalue weighted by atomic mass is 9.91. The summed E-state index contributed by atoms with van der Waals surface area (Å²) >= 11 is 0. The van der Waals surface area contributed by atoms with Gasteiger partial charge in [0.1, 0.15) is 0 Å². The molecular formula is C15H24N2. The quantitative estimate of drug-likeness (QED) is 0.841. The van der Waals surface area contributed by atoms with Crippen LogP contribution in [-0.4, -0.2) is 12.1 Å². The molecule has 94 valence electrons. The summed E-state index contributed by atoms with van der Waals surface area (Å²) in [5, 5.41) is 3.61. The molecule has 0 heterocycles. The molecule has 0 aliphatic heterocycles. The molecular weight excluding hydrogens is 208 g/mol. The molecule has 1 aliphatic carbocycles. The summed E-state index contributed by atoms with van der Waals surface area (Å²) in [5.74, 6) is 0. The highest BCUT2D eigenvalue weighted by Crippen LogP contribution is 2.17. The first-order valence-electron chi connectivity index (χ1n) is 6.72. The topological polar surface area (TPSA) is 38.0 Å². The molecule has 17 heavy (non-hydrogen) atoms. The number of benzene rings is 1. The van der Waals surface area contributed by atoms with Gasteiger partial charge >= 0.3 is 0 Å². The average molecular weight is 232 g/mol. The smallest absolute Gasteiger partial charge is 0.0222 e. The van der Waals surface area contributed by atoms with E-state index >= 15 is 0 Å². The monoisotopic (exact) mass is 232 g/mol. The van der Waals surface area contributed by atoms with Crippen molar-refractivity contribution < 1.29 is 0 Å². The van der Waals surface area contributed by atoms with Crippen LogP contribution in [0.2, 0.25) is 0 Å². The first-order chi connectivity index (χ1) is 8.16. The summed E-state index contributed by atoms with van der Waals surface area (Å²) in [4.78, 5) is 0. The largest absolute Gasteiger partial charge is 0.326 e. The maximum atomic E-state index is 6.13. The number of nitrogens with one attached hydrogen (secondary N) is 1. The molecule has 1 aliphatic rings. The van der Waals surface area contributed by atoms with Crippen LogP contribution < -0.4 is 11.1 Å². The van der Waals surface area contributed by atoms with Gasteiger partial charge in [0.25, 0.3) is 0 Å². The highest BCUT2D eigenvalue weighted by Gasteiger charge is 2.20. The maximum Gasteiger partial charge on any atom is 0.0222 e. The standard InChI is InChI=1S/C15H24N2/c1-11-7-8-13(9-12(11)2)10-17-15-6-4-3-5-14(15)16/h7-9,14-15,17H,3-6,10,16H2,1-2H3. The predicted octanol–water partition coefficient (Wildman–Crippen LogP) is 2.66. The van der Waals surface area contributed by atoms with E-state index in [-0.39, 0.29) is 0 Å². The van der Waals surface area contributed by atoms with E-state index in [1.165, 1.54) is 42.4 Å². The number of aryl methyl sites for hydroxylation is 2. The van der Waals surface area contributed by atoms with Gasteiger partial charge in [-0.2, -0.15) is 0 Å². The molecule has 0 bridgehead atoms. The van der Waals surface area contributed by atoms with Gasteiger partial charge in [-0.1, -0.05) is 31.0 Å². The van der Waals surface area contributed by atoms with Crippen molar-refractivity contribution in [2.45, 2.75) is 58.2 Å². The lowest BCUT2D eigenvalue weighted by Crippen LogP contribution is -2.46. The van der Waals surface area contributed by atoms with Gasteiger partial charge in [0, 0.05) is 18.6 Å². The summed E-state index contributed by atoms with van der Waals surface area (Å²) in [7, 11) is 0. The second-order valence-corrected chi connectivity index (χ2v) is 5.35. The molecule has 3 N–H and O–H groups in total. The van der Waals surface area contributed by atoms with Crippen LogP contribution >= 0.6 is 0 Å². The molecule has 0 amide bonds. The fourth-order valence-corrected chi connectivity index (χ4v) is 2.58. The van der Waals surface area contributed by atoms with Crippen LogP contribution in [0.15, 0.2) is 18.2 Å². The third-order valence-electron chi connectivity index (χ3n) is 3.96. The molecule has 2 atom stereocenters. The third kappa shape index (κ3) is 3.30. The minimum absolute atomic E-state index is 0.343. The van der Waals surface area contributed by atoms with Crippen LogP contribution in [-0.2, 0) is 6.54 Å². The molecule has 2 rings (SSSR count). The van der Waals surface area contributed by atoms with Crippen molar-refractivity contribution in [3.05, 3.63) is 34.9 Å². The molecule has 1 fully saturated rings. The highest BCUT2D eigenvalue weighted by molar-refractivity contribution is 5.29. The fraction of sp³-hybridized carbons (Fsp3) is 0.600. The zero-order valence-electron chi connectivity index (χ0n) is 11.0. The van der Waals surface area contributed by atoms with Gasteiger partial charge in [0.2, 0.25) is 0 Å². The summed E-state index contributed by atoms with van der Waals surface area (Å²) in [5.41, 5.74) is 10.2. The van der Waals surface area contributed by atoms with E-state index in [0.29, 0.717) is 12.1 Å². The Hall–Kier alpha value is -0.860. The van der Waals surface area contributed by atoms with Gasteiger partial charge in [-0.3, -0.25) is 0 Å². The Labute approximate surface area is 105 Å². The minimum atomic E-state index is 0.343. The van der Waals surface area contributed by atoms with Crippen molar-refractivity contribution in [3.8, 4) is 0 Å². The van der Waals surface area contributed by atoms with E-state index in [4.69, 9.17) is 5.73 Å². The summed E-state index contributed by atoms with van der Waals surface area (Å²) in [6.07, 6.45) is 5.01. The fourth-order valence-electron chi connectivity index (χ4n) is 2.58. The second-order valence-electron chi connectivity index (χ2n) is 5.35. The Kier molecular flexibility index (Phi) is 4.19. The van der Waals surface area contributed by atoms with E-state index in [9.17, 15) is 0 Å².